The highest BCUT2D eigenvalue weighted by Crippen LogP contribution is 2.29. The third-order valence-corrected chi connectivity index (χ3v) is 6.82. The van der Waals surface area contributed by atoms with E-state index in [0.717, 1.165) is 29.8 Å². The fourth-order valence-electron chi connectivity index (χ4n) is 3.60. The molecule has 1 aromatic carbocycles. The van der Waals surface area contributed by atoms with Crippen LogP contribution < -0.4 is 4.72 Å². The minimum absolute atomic E-state index is 0.121. The van der Waals surface area contributed by atoms with Gasteiger partial charge in [0.15, 0.2) is 11.6 Å². The van der Waals surface area contributed by atoms with Gasteiger partial charge in [0.05, 0.1) is 11.3 Å². The second kappa shape index (κ2) is 9.30. The quantitative estimate of drug-likeness (QED) is 0.348. The van der Waals surface area contributed by atoms with E-state index in [9.17, 15) is 17.6 Å². The van der Waals surface area contributed by atoms with Crippen LogP contribution in [0.4, 0.5) is 14.5 Å². The Bertz CT molecular complexity index is 1480. The van der Waals surface area contributed by atoms with Crippen LogP contribution >= 0.6 is 0 Å². The molecule has 0 aliphatic heterocycles. The Kier molecular flexibility index (Phi) is 6.43. The molecule has 4 rings (SSSR count). The number of nitrogens with zero attached hydrogens (tertiary/aromatic N) is 2. The van der Waals surface area contributed by atoms with Gasteiger partial charge in [-0.25, -0.2) is 22.2 Å². The number of hydrogen-bond donors (Lipinski definition) is 2. The molecule has 7 nitrogen and oxygen atoms in total. The maximum Gasteiger partial charge on any atom is 0.232 e. The van der Waals surface area contributed by atoms with E-state index in [2.05, 4.69) is 15.0 Å². The van der Waals surface area contributed by atoms with Crippen LogP contribution in [0.1, 0.15) is 41.9 Å². The van der Waals surface area contributed by atoms with Crippen molar-refractivity contribution in [3.8, 4) is 11.1 Å². The average Bonchev–Trinajstić information content (AvgIpc) is 3.25. The second-order valence-corrected chi connectivity index (χ2v) is 9.59. The smallest absolute Gasteiger partial charge is 0.232 e. The van der Waals surface area contributed by atoms with E-state index in [1.54, 1.807) is 25.4 Å². The van der Waals surface area contributed by atoms with Gasteiger partial charge >= 0.3 is 0 Å². The van der Waals surface area contributed by atoms with Crippen LogP contribution in [0, 0.1) is 11.6 Å². The van der Waals surface area contributed by atoms with Crippen molar-refractivity contribution in [2.24, 2.45) is 0 Å². The van der Waals surface area contributed by atoms with E-state index in [0.29, 0.717) is 16.6 Å². The summed E-state index contributed by atoms with van der Waals surface area (Å²) in [6, 6.07) is 7.39. The van der Waals surface area contributed by atoms with Crippen molar-refractivity contribution in [3.63, 3.8) is 0 Å². The lowest BCUT2D eigenvalue weighted by Gasteiger charge is -2.11. The summed E-state index contributed by atoms with van der Waals surface area (Å²) in [5, 5.41) is 0.443. The van der Waals surface area contributed by atoms with E-state index in [4.69, 9.17) is 0 Å². The van der Waals surface area contributed by atoms with Crippen molar-refractivity contribution in [2.75, 3.05) is 10.5 Å². The van der Waals surface area contributed by atoms with Crippen molar-refractivity contribution >= 4 is 32.5 Å². The van der Waals surface area contributed by atoms with E-state index in [1.807, 2.05) is 23.8 Å². The molecule has 0 saturated heterocycles. The number of sulfonamides is 1. The number of ketones is 1. The average molecular weight is 485 g/mol. The van der Waals surface area contributed by atoms with E-state index in [1.165, 1.54) is 6.20 Å². The first kappa shape index (κ1) is 23.5. The molecule has 0 aliphatic carbocycles. The third-order valence-electron chi connectivity index (χ3n) is 5.36. The largest absolute Gasteiger partial charge is 0.345 e. The summed E-state index contributed by atoms with van der Waals surface area (Å²) in [5.41, 5.74) is 1.64. The summed E-state index contributed by atoms with van der Waals surface area (Å²) in [5.74, 6) is -3.44. The Balaban J connectivity index is 1.75. The summed E-state index contributed by atoms with van der Waals surface area (Å²) < 4.78 is 55.4. The molecular weight excluding hydrogens is 462 g/mol. The van der Waals surface area contributed by atoms with Gasteiger partial charge in [0.2, 0.25) is 10.0 Å². The predicted octanol–water partition coefficient (Wildman–Crippen LogP) is 4.85. The van der Waals surface area contributed by atoms with Crippen molar-refractivity contribution in [2.45, 2.75) is 26.7 Å². The molecule has 0 saturated carbocycles. The lowest BCUT2D eigenvalue weighted by Crippen LogP contribution is -2.19. The number of nitrogens with one attached hydrogen (secondary N) is 2. The number of H-pyrrole nitrogens is 1. The van der Waals surface area contributed by atoms with E-state index >= 15 is 4.39 Å². The molecule has 0 atom stereocenters. The van der Waals surface area contributed by atoms with Crippen LogP contribution in [0.3, 0.4) is 0 Å². The number of aromatic nitrogens is 3. The van der Waals surface area contributed by atoms with Crippen molar-refractivity contribution in [1.82, 2.24) is 15.0 Å². The number of anilines is 1. The number of aryl methyl sites for hydroxylation is 1. The standard InChI is InChI=1S/C24H22F2N4O3S/c1-3-9-34(32,33)30-22-20(25)8-7-17(21(22)26)23(31)19-13-29-24-18(19)10-15(12-28-24)14-5-6-16(4-2)27-11-14/h5-8,10-13,30H,3-4,9H2,1-2H3,(H,28,29). The molecule has 3 aromatic heterocycles. The minimum atomic E-state index is -3.97. The zero-order valence-electron chi connectivity index (χ0n) is 18.5. The molecule has 4 aromatic rings. The molecule has 0 bridgehead atoms. The van der Waals surface area contributed by atoms with Crippen LogP contribution in [0.5, 0.6) is 0 Å². The van der Waals surface area contributed by atoms with Crippen LogP contribution in [0.25, 0.3) is 22.2 Å². The Morgan fingerprint density at radius 2 is 1.79 bits per heavy atom. The fraction of sp³-hybridized carbons (Fsp3) is 0.208. The molecule has 0 radical (unpaired) electrons. The number of hydrogen-bond acceptors (Lipinski definition) is 5. The molecule has 0 unspecified atom stereocenters. The first-order chi connectivity index (χ1) is 16.2. The summed E-state index contributed by atoms with van der Waals surface area (Å²) in [7, 11) is -3.97. The highest BCUT2D eigenvalue weighted by molar-refractivity contribution is 7.92. The van der Waals surface area contributed by atoms with Crippen molar-refractivity contribution < 1.29 is 22.0 Å². The summed E-state index contributed by atoms with van der Waals surface area (Å²) in [6.45, 7) is 3.63. The van der Waals surface area contributed by atoms with E-state index < -0.39 is 38.7 Å². The van der Waals surface area contributed by atoms with Gasteiger partial charge in [-0.1, -0.05) is 19.9 Å². The number of carbonyl (C=O) groups excluding carboxylic acids is 1. The molecule has 0 spiro atoms. The Morgan fingerprint density at radius 3 is 2.47 bits per heavy atom. The van der Waals surface area contributed by atoms with Gasteiger partial charge < -0.3 is 4.98 Å². The minimum Gasteiger partial charge on any atom is -0.345 e. The highest BCUT2D eigenvalue weighted by atomic mass is 32.2. The zero-order chi connectivity index (χ0) is 24.5. The summed E-state index contributed by atoms with van der Waals surface area (Å²) in [6.07, 6.45) is 5.80. The fourth-order valence-corrected chi connectivity index (χ4v) is 4.73. The van der Waals surface area contributed by atoms with Gasteiger partial charge in [-0.2, -0.15) is 0 Å². The number of benzene rings is 1. The topological polar surface area (TPSA) is 105 Å². The van der Waals surface area contributed by atoms with Gasteiger partial charge in [-0.15, -0.1) is 0 Å². The van der Waals surface area contributed by atoms with Crippen molar-refractivity contribution in [1.29, 1.82) is 0 Å². The van der Waals surface area contributed by atoms with Gasteiger partial charge in [0.25, 0.3) is 0 Å². The number of halogens is 2. The molecule has 176 valence electrons. The molecule has 2 N–H and O–H groups in total. The second-order valence-electron chi connectivity index (χ2n) is 7.75. The van der Waals surface area contributed by atoms with Gasteiger partial charge in [0, 0.05) is 46.4 Å². The normalized spacial score (nSPS) is 11.6. The Labute approximate surface area is 195 Å². The lowest BCUT2D eigenvalue weighted by molar-refractivity contribution is 0.103. The first-order valence-electron chi connectivity index (χ1n) is 10.7. The SMILES string of the molecule is CCCS(=O)(=O)Nc1c(F)ccc(C(=O)c2c[nH]c3ncc(-c4ccc(CC)nc4)cc23)c1F. The lowest BCUT2D eigenvalue weighted by atomic mass is 10.0. The van der Waals surface area contributed by atoms with Crippen LogP contribution in [-0.4, -0.2) is 34.9 Å². The van der Waals surface area contributed by atoms with Crippen molar-refractivity contribution in [3.05, 3.63) is 77.4 Å². The van der Waals surface area contributed by atoms with Gasteiger partial charge in [-0.05, 0) is 37.1 Å². The molecule has 0 amide bonds. The van der Waals surface area contributed by atoms with Gasteiger partial charge in [-0.3, -0.25) is 14.5 Å². The molecule has 3 heterocycles. The van der Waals surface area contributed by atoms with Crippen LogP contribution in [0.15, 0.2) is 48.9 Å². The van der Waals surface area contributed by atoms with Crippen LogP contribution in [0.2, 0.25) is 0 Å². The molecule has 0 fully saturated rings. The Morgan fingerprint density at radius 1 is 1.03 bits per heavy atom. The maximum absolute atomic E-state index is 15.1. The molecular formula is C24H22F2N4O3S. The summed E-state index contributed by atoms with van der Waals surface area (Å²) in [4.78, 5) is 24.8. The molecule has 0 aliphatic rings. The number of rotatable bonds is 8. The summed E-state index contributed by atoms with van der Waals surface area (Å²) >= 11 is 0. The zero-order valence-corrected chi connectivity index (χ0v) is 19.3. The maximum atomic E-state index is 15.1. The predicted molar refractivity (Wildman–Crippen MR) is 126 cm³/mol. The molecule has 10 heteroatoms. The number of pyridine rings is 2. The molecule has 34 heavy (non-hydrogen) atoms. The highest BCUT2D eigenvalue weighted by Gasteiger charge is 2.24. The number of fused-ring (bicyclic) bond motifs is 1. The van der Waals surface area contributed by atoms with Gasteiger partial charge in [0.1, 0.15) is 17.2 Å². The Hall–Kier alpha value is -3.66. The number of carbonyl (C=O) groups is 1. The third kappa shape index (κ3) is 4.54. The van der Waals surface area contributed by atoms with E-state index in [-0.39, 0.29) is 17.7 Å². The monoisotopic (exact) mass is 484 g/mol. The van der Waals surface area contributed by atoms with Crippen LogP contribution in [-0.2, 0) is 16.4 Å². The first-order valence-corrected chi connectivity index (χ1v) is 12.3. The number of aromatic amines is 1.